The predicted octanol–water partition coefficient (Wildman–Crippen LogP) is 1.64. The number of hydrogen-bond acceptors (Lipinski definition) is 6. The lowest BCUT2D eigenvalue weighted by Gasteiger charge is -2.13. The lowest BCUT2D eigenvalue weighted by molar-refractivity contribution is 0.644. The second-order valence-electron chi connectivity index (χ2n) is 3.88. The van der Waals surface area contributed by atoms with Gasteiger partial charge < -0.3 is 0 Å². The Bertz CT molecular complexity index is 652. The molecular formula is C12H11N5S. The number of nitrogens with zero attached hydrogens (tertiary/aromatic N) is 3. The van der Waals surface area contributed by atoms with Crippen LogP contribution in [0.25, 0.3) is 10.9 Å². The van der Waals surface area contributed by atoms with E-state index in [4.69, 9.17) is 5.84 Å². The highest BCUT2D eigenvalue weighted by Crippen LogP contribution is 2.24. The van der Waals surface area contributed by atoms with Crippen molar-refractivity contribution in [2.75, 3.05) is 0 Å². The van der Waals surface area contributed by atoms with Crippen molar-refractivity contribution in [2.45, 2.75) is 6.04 Å². The normalized spacial score (nSPS) is 12.7. The fraction of sp³-hybridized carbons (Fsp3) is 0.0833. The largest absolute Gasteiger partial charge is 0.271 e. The Morgan fingerprint density at radius 3 is 2.89 bits per heavy atom. The van der Waals surface area contributed by atoms with Crippen LogP contribution in [0.1, 0.15) is 16.5 Å². The summed E-state index contributed by atoms with van der Waals surface area (Å²) >= 11 is 1.32. The van der Waals surface area contributed by atoms with E-state index >= 15 is 0 Å². The Kier molecular flexibility index (Phi) is 2.97. The summed E-state index contributed by atoms with van der Waals surface area (Å²) < 4.78 is 3.85. The number of nitrogens with two attached hydrogens (primary N) is 1. The van der Waals surface area contributed by atoms with Gasteiger partial charge in [0.05, 0.1) is 22.6 Å². The van der Waals surface area contributed by atoms with Gasteiger partial charge in [0.25, 0.3) is 0 Å². The van der Waals surface area contributed by atoms with Gasteiger partial charge in [-0.3, -0.25) is 10.8 Å². The lowest BCUT2D eigenvalue weighted by Crippen LogP contribution is -2.28. The molecule has 90 valence electrons. The number of fused-ring (bicyclic) bond motifs is 1. The molecule has 0 aliphatic carbocycles. The smallest absolute Gasteiger partial charge is 0.0849 e. The fourth-order valence-corrected chi connectivity index (χ4v) is 2.48. The molecule has 0 fully saturated rings. The van der Waals surface area contributed by atoms with Crippen LogP contribution in [0.4, 0.5) is 0 Å². The minimum absolute atomic E-state index is 0.123. The fourth-order valence-electron chi connectivity index (χ4n) is 1.89. The summed E-state index contributed by atoms with van der Waals surface area (Å²) in [6.45, 7) is 0. The molecule has 1 aromatic carbocycles. The highest BCUT2D eigenvalue weighted by atomic mass is 32.1. The van der Waals surface area contributed by atoms with Gasteiger partial charge in [-0.25, -0.2) is 5.43 Å². The van der Waals surface area contributed by atoms with Crippen molar-refractivity contribution in [3.63, 3.8) is 0 Å². The van der Waals surface area contributed by atoms with E-state index in [9.17, 15) is 0 Å². The van der Waals surface area contributed by atoms with E-state index in [2.05, 4.69) is 26.1 Å². The summed E-state index contributed by atoms with van der Waals surface area (Å²) in [6, 6.07) is 9.94. The molecule has 5 nitrogen and oxygen atoms in total. The zero-order chi connectivity index (χ0) is 12.4. The van der Waals surface area contributed by atoms with E-state index in [1.54, 1.807) is 6.20 Å². The summed E-state index contributed by atoms with van der Waals surface area (Å²) in [7, 11) is 0. The van der Waals surface area contributed by atoms with Gasteiger partial charge in [-0.05, 0) is 29.2 Å². The SMILES string of the molecule is NNC(c1cnc2ccccc2c1)c1cnns1. The van der Waals surface area contributed by atoms with Gasteiger partial charge in [0.15, 0.2) is 0 Å². The molecule has 0 spiro atoms. The van der Waals surface area contributed by atoms with Gasteiger partial charge >= 0.3 is 0 Å². The Balaban J connectivity index is 2.07. The molecule has 0 amide bonds. The number of pyridine rings is 1. The van der Waals surface area contributed by atoms with E-state index in [-0.39, 0.29) is 6.04 Å². The maximum atomic E-state index is 5.61. The van der Waals surface area contributed by atoms with Gasteiger partial charge in [0.1, 0.15) is 0 Å². The predicted molar refractivity (Wildman–Crippen MR) is 70.8 cm³/mol. The first-order valence-corrected chi connectivity index (χ1v) is 6.24. The number of benzene rings is 1. The molecule has 0 radical (unpaired) electrons. The Hall–Kier alpha value is -1.89. The van der Waals surface area contributed by atoms with Crippen molar-refractivity contribution in [1.82, 2.24) is 20.0 Å². The average Bonchev–Trinajstić information content (AvgIpc) is 2.93. The summed E-state index contributed by atoms with van der Waals surface area (Å²) in [5, 5.41) is 4.92. The molecule has 0 aliphatic heterocycles. The zero-order valence-electron chi connectivity index (χ0n) is 9.45. The lowest BCUT2D eigenvalue weighted by atomic mass is 10.1. The molecule has 0 saturated carbocycles. The molecule has 3 aromatic rings. The van der Waals surface area contributed by atoms with Crippen LogP contribution in [0.5, 0.6) is 0 Å². The second-order valence-corrected chi connectivity index (χ2v) is 4.70. The van der Waals surface area contributed by atoms with E-state index in [1.165, 1.54) is 11.5 Å². The van der Waals surface area contributed by atoms with Gasteiger partial charge in [0, 0.05) is 11.6 Å². The van der Waals surface area contributed by atoms with Crippen molar-refractivity contribution in [3.8, 4) is 0 Å². The molecule has 1 unspecified atom stereocenters. The zero-order valence-corrected chi connectivity index (χ0v) is 10.3. The summed E-state index contributed by atoms with van der Waals surface area (Å²) in [5.74, 6) is 5.61. The molecule has 0 saturated heterocycles. The third-order valence-corrected chi connectivity index (χ3v) is 3.50. The van der Waals surface area contributed by atoms with Crippen molar-refractivity contribution >= 4 is 22.4 Å². The van der Waals surface area contributed by atoms with E-state index in [1.807, 2.05) is 30.5 Å². The molecule has 0 bridgehead atoms. The van der Waals surface area contributed by atoms with Crippen molar-refractivity contribution in [2.24, 2.45) is 5.84 Å². The van der Waals surface area contributed by atoms with Gasteiger partial charge in [-0.1, -0.05) is 22.7 Å². The van der Waals surface area contributed by atoms with Crippen molar-refractivity contribution in [3.05, 3.63) is 53.2 Å². The maximum absolute atomic E-state index is 5.61. The number of hydrazine groups is 1. The number of para-hydroxylation sites is 1. The van der Waals surface area contributed by atoms with E-state index in [0.29, 0.717) is 0 Å². The topological polar surface area (TPSA) is 76.7 Å². The molecule has 18 heavy (non-hydrogen) atoms. The Labute approximate surface area is 108 Å². The minimum atomic E-state index is -0.123. The Morgan fingerprint density at radius 1 is 1.22 bits per heavy atom. The van der Waals surface area contributed by atoms with Gasteiger partial charge in [-0.2, -0.15) is 0 Å². The van der Waals surface area contributed by atoms with E-state index < -0.39 is 0 Å². The molecule has 6 heteroatoms. The van der Waals surface area contributed by atoms with Crippen LogP contribution >= 0.6 is 11.5 Å². The summed E-state index contributed by atoms with van der Waals surface area (Å²) in [5.41, 5.74) is 4.75. The van der Waals surface area contributed by atoms with Crippen molar-refractivity contribution in [1.29, 1.82) is 0 Å². The molecule has 3 rings (SSSR count). The third-order valence-electron chi connectivity index (χ3n) is 2.77. The monoisotopic (exact) mass is 257 g/mol. The molecule has 2 aromatic heterocycles. The number of nitrogens with one attached hydrogen (secondary N) is 1. The first-order chi connectivity index (χ1) is 8.88. The number of rotatable bonds is 3. The first kappa shape index (κ1) is 11.2. The van der Waals surface area contributed by atoms with Gasteiger partial charge in [-0.15, -0.1) is 5.10 Å². The molecule has 0 aliphatic rings. The highest BCUT2D eigenvalue weighted by Gasteiger charge is 2.15. The Morgan fingerprint density at radius 2 is 2.11 bits per heavy atom. The number of hydrogen-bond donors (Lipinski definition) is 2. The van der Waals surface area contributed by atoms with Crippen LogP contribution in [0, 0.1) is 0 Å². The van der Waals surface area contributed by atoms with Crippen molar-refractivity contribution < 1.29 is 0 Å². The third kappa shape index (κ3) is 1.97. The van der Waals surface area contributed by atoms with Crippen LogP contribution in [0.3, 0.4) is 0 Å². The van der Waals surface area contributed by atoms with Crippen LogP contribution in [-0.2, 0) is 0 Å². The van der Waals surface area contributed by atoms with Crippen LogP contribution in [0.2, 0.25) is 0 Å². The number of aromatic nitrogens is 3. The molecule has 1 atom stereocenters. The first-order valence-electron chi connectivity index (χ1n) is 5.46. The second kappa shape index (κ2) is 4.77. The van der Waals surface area contributed by atoms with Gasteiger partial charge in [0.2, 0.25) is 0 Å². The molecule has 2 heterocycles. The van der Waals surface area contributed by atoms with Crippen LogP contribution in [-0.4, -0.2) is 14.6 Å². The average molecular weight is 257 g/mol. The quantitative estimate of drug-likeness (QED) is 0.551. The maximum Gasteiger partial charge on any atom is 0.0849 e. The standard InChI is InChI=1S/C12H11N5S/c13-16-12(11-7-15-17-18-11)9-5-8-3-1-2-4-10(8)14-6-9/h1-7,12,16H,13H2. The molecular weight excluding hydrogens is 246 g/mol. The van der Waals surface area contributed by atoms with Crippen LogP contribution < -0.4 is 11.3 Å². The summed E-state index contributed by atoms with van der Waals surface area (Å²) in [6.07, 6.45) is 3.54. The van der Waals surface area contributed by atoms with Crippen LogP contribution in [0.15, 0.2) is 42.7 Å². The minimum Gasteiger partial charge on any atom is -0.271 e. The molecule has 3 N–H and O–H groups in total. The summed E-state index contributed by atoms with van der Waals surface area (Å²) in [4.78, 5) is 5.40. The van der Waals surface area contributed by atoms with E-state index in [0.717, 1.165) is 21.3 Å². The highest BCUT2D eigenvalue weighted by molar-refractivity contribution is 7.05.